The summed E-state index contributed by atoms with van der Waals surface area (Å²) in [6.45, 7) is 1.00. The van der Waals surface area contributed by atoms with Crippen LogP contribution in [0, 0.1) is 0 Å². The van der Waals surface area contributed by atoms with Crippen molar-refractivity contribution in [3.8, 4) is 11.5 Å². The van der Waals surface area contributed by atoms with Crippen molar-refractivity contribution in [3.63, 3.8) is 0 Å². The van der Waals surface area contributed by atoms with Crippen LogP contribution in [0.5, 0.6) is 11.5 Å². The number of rotatable bonds is 3. The summed E-state index contributed by atoms with van der Waals surface area (Å²) < 4.78 is 12.2. The summed E-state index contributed by atoms with van der Waals surface area (Å²) in [5.74, 6) is 1.07. The molecule has 0 bridgehead atoms. The molecule has 1 aromatic carbocycles. The Kier molecular flexibility index (Phi) is 3.25. The van der Waals surface area contributed by atoms with Gasteiger partial charge in [0.1, 0.15) is 13.2 Å². The van der Waals surface area contributed by atoms with Crippen molar-refractivity contribution in [1.29, 1.82) is 0 Å². The van der Waals surface area contributed by atoms with E-state index in [0.29, 0.717) is 30.3 Å². The SMILES string of the molecule is O=C(Cn1ccccc1=O)c1ccc2c(c1)OCCO2. The molecule has 0 radical (unpaired) electrons. The molecule has 2 aromatic rings. The molecule has 2 heterocycles. The van der Waals surface area contributed by atoms with Gasteiger partial charge in [0, 0.05) is 17.8 Å². The van der Waals surface area contributed by atoms with Crippen LogP contribution in [0.1, 0.15) is 10.4 Å². The molecule has 1 aliphatic rings. The maximum absolute atomic E-state index is 12.2. The lowest BCUT2D eigenvalue weighted by Crippen LogP contribution is -2.23. The maximum atomic E-state index is 12.2. The first-order chi connectivity index (χ1) is 9.74. The summed E-state index contributed by atoms with van der Waals surface area (Å²) >= 11 is 0. The lowest BCUT2D eigenvalue weighted by Gasteiger charge is -2.18. The minimum atomic E-state index is -0.196. The minimum Gasteiger partial charge on any atom is -0.486 e. The van der Waals surface area contributed by atoms with E-state index in [-0.39, 0.29) is 17.9 Å². The molecule has 5 heteroatoms. The molecule has 0 saturated heterocycles. The van der Waals surface area contributed by atoms with Crippen LogP contribution >= 0.6 is 0 Å². The van der Waals surface area contributed by atoms with Crippen molar-refractivity contribution in [2.24, 2.45) is 0 Å². The highest BCUT2D eigenvalue weighted by Gasteiger charge is 2.15. The zero-order valence-electron chi connectivity index (χ0n) is 10.7. The van der Waals surface area contributed by atoms with Gasteiger partial charge in [-0.1, -0.05) is 6.07 Å². The number of pyridine rings is 1. The topological polar surface area (TPSA) is 57.5 Å². The quantitative estimate of drug-likeness (QED) is 0.794. The Balaban J connectivity index is 1.84. The molecule has 0 amide bonds. The van der Waals surface area contributed by atoms with Gasteiger partial charge in [-0.25, -0.2) is 0 Å². The second kappa shape index (κ2) is 5.21. The molecular weight excluding hydrogens is 258 g/mol. The van der Waals surface area contributed by atoms with Gasteiger partial charge in [0.2, 0.25) is 0 Å². The summed E-state index contributed by atoms with van der Waals surface area (Å²) in [7, 11) is 0. The fraction of sp³-hybridized carbons (Fsp3) is 0.200. The fourth-order valence-electron chi connectivity index (χ4n) is 2.05. The van der Waals surface area contributed by atoms with E-state index in [1.54, 1.807) is 36.5 Å². The van der Waals surface area contributed by atoms with Crippen molar-refractivity contribution in [2.75, 3.05) is 13.2 Å². The van der Waals surface area contributed by atoms with Crippen LogP contribution in [0.4, 0.5) is 0 Å². The number of ether oxygens (including phenoxy) is 2. The smallest absolute Gasteiger partial charge is 0.250 e. The monoisotopic (exact) mass is 271 g/mol. The molecule has 20 heavy (non-hydrogen) atoms. The number of Topliss-reactive ketones (excluding diaryl/α,β-unsaturated/α-hetero) is 1. The Morgan fingerprint density at radius 2 is 1.90 bits per heavy atom. The van der Waals surface area contributed by atoms with E-state index < -0.39 is 0 Å². The van der Waals surface area contributed by atoms with Crippen molar-refractivity contribution in [3.05, 3.63) is 58.5 Å². The van der Waals surface area contributed by atoms with Crippen molar-refractivity contribution < 1.29 is 14.3 Å². The zero-order valence-corrected chi connectivity index (χ0v) is 10.7. The normalized spacial score (nSPS) is 13.0. The second-order valence-corrected chi connectivity index (χ2v) is 4.45. The standard InChI is InChI=1S/C15H13NO4/c17-12(10-16-6-2-1-3-15(16)18)11-4-5-13-14(9-11)20-8-7-19-13/h1-6,9H,7-8,10H2. The number of nitrogens with zero attached hydrogens (tertiary/aromatic N) is 1. The van der Waals surface area contributed by atoms with Crippen LogP contribution in [0.3, 0.4) is 0 Å². The van der Waals surface area contributed by atoms with E-state index >= 15 is 0 Å². The van der Waals surface area contributed by atoms with Crippen LogP contribution in [0.25, 0.3) is 0 Å². The van der Waals surface area contributed by atoms with Gasteiger partial charge >= 0.3 is 0 Å². The summed E-state index contributed by atoms with van der Waals surface area (Å²) in [4.78, 5) is 23.8. The third-order valence-corrected chi connectivity index (χ3v) is 3.08. The van der Waals surface area contributed by atoms with Crippen LogP contribution in [-0.4, -0.2) is 23.6 Å². The lowest BCUT2D eigenvalue weighted by atomic mass is 10.1. The summed E-state index contributed by atoms with van der Waals surface area (Å²) in [6, 6.07) is 9.85. The van der Waals surface area contributed by atoms with Crippen molar-refractivity contribution >= 4 is 5.78 Å². The number of benzene rings is 1. The fourth-order valence-corrected chi connectivity index (χ4v) is 2.05. The Morgan fingerprint density at radius 3 is 2.70 bits per heavy atom. The molecule has 0 saturated carbocycles. The zero-order chi connectivity index (χ0) is 13.9. The third kappa shape index (κ3) is 2.42. The molecule has 0 spiro atoms. The Hall–Kier alpha value is -2.56. The van der Waals surface area contributed by atoms with Gasteiger partial charge in [-0.05, 0) is 24.3 Å². The van der Waals surface area contributed by atoms with E-state index in [1.807, 2.05) is 0 Å². The highest BCUT2D eigenvalue weighted by Crippen LogP contribution is 2.30. The van der Waals surface area contributed by atoms with Crippen LogP contribution in [0.15, 0.2) is 47.4 Å². The molecule has 1 aliphatic heterocycles. The van der Waals surface area contributed by atoms with Crippen LogP contribution < -0.4 is 15.0 Å². The number of fused-ring (bicyclic) bond motifs is 1. The van der Waals surface area contributed by atoms with Gasteiger partial charge in [0.05, 0.1) is 6.54 Å². The molecule has 5 nitrogen and oxygen atoms in total. The number of carbonyl (C=O) groups is 1. The van der Waals surface area contributed by atoms with E-state index in [2.05, 4.69) is 0 Å². The average Bonchev–Trinajstić information content (AvgIpc) is 2.49. The summed E-state index contributed by atoms with van der Waals surface area (Å²) in [5, 5.41) is 0. The van der Waals surface area contributed by atoms with E-state index in [1.165, 1.54) is 10.6 Å². The molecule has 3 rings (SSSR count). The van der Waals surface area contributed by atoms with Gasteiger partial charge in [0.15, 0.2) is 17.3 Å². The first kappa shape index (κ1) is 12.5. The molecule has 0 aliphatic carbocycles. The van der Waals surface area contributed by atoms with Gasteiger partial charge < -0.3 is 14.0 Å². The second-order valence-electron chi connectivity index (χ2n) is 4.45. The molecule has 0 N–H and O–H groups in total. The van der Waals surface area contributed by atoms with E-state index in [4.69, 9.17) is 9.47 Å². The van der Waals surface area contributed by atoms with Crippen LogP contribution in [-0.2, 0) is 6.54 Å². The molecule has 0 fully saturated rings. The molecule has 0 unspecified atom stereocenters. The number of hydrogen-bond donors (Lipinski definition) is 0. The Labute approximate surface area is 115 Å². The van der Waals surface area contributed by atoms with Gasteiger partial charge in [0.25, 0.3) is 5.56 Å². The average molecular weight is 271 g/mol. The maximum Gasteiger partial charge on any atom is 0.250 e. The predicted molar refractivity (Wildman–Crippen MR) is 72.5 cm³/mol. The predicted octanol–water partition coefficient (Wildman–Crippen LogP) is 1.50. The van der Waals surface area contributed by atoms with Gasteiger partial charge in [-0.2, -0.15) is 0 Å². The third-order valence-electron chi connectivity index (χ3n) is 3.08. The minimum absolute atomic E-state index is 0.0132. The van der Waals surface area contributed by atoms with Crippen LogP contribution in [0.2, 0.25) is 0 Å². The first-order valence-electron chi connectivity index (χ1n) is 6.32. The molecule has 1 aromatic heterocycles. The number of hydrogen-bond acceptors (Lipinski definition) is 4. The van der Waals surface area contributed by atoms with Gasteiger partial charge in [-0.15, -0.1) is 0 Å². The van der Waals surface area contributed by atoms with Crippen molar-refractivity contribution in [1.82, 2.24) is 4.57 Å². The summed E-state index contributed by atoms with van der Waals surface area (Å²) in [6.07, 6.45) is 1.60. The Morgan fingerprint density at radius 1 is 1.10 bits per heavy atom. The van der Waals surface area contributed by atoms with E-state index in [0.717, 1.165) is 0 Å². The first-order valence-corrected chi connectivity index (χ1v) is 6.32. The largest absolute Gasteiger partial charge is 0.486 e. The molecule has 0 atom stereocenters. The Bertz CT molecular complexity index is 705. The molecule has 102 valence electrons. The number of ketones is 1. The van der Waals surface area contributed by atoms with Crippen molar-refractivity contribution in [2.45, 2.75) is 6.54 Å². The van der Waals surface area contributed by atoms with Gasteiger partial charge in [-0.3, -0.25) is 9.59 Å². The van der Waals surface area contributed by atoms with E-state index in [9.17, 15) is 9.59 Å². The molecular formula is C15H13NO4. The number of carbonyl (C=O) groups excluding carboxylic acids is 1. The number of aromatic nitrogens is 1. The highest BCUT2D eigenvalue weighted by atomic mass is 16.6. The lowest BCUT2D eigenvalue weighted by molar-refractivity contribution is 0.0969. The summed E-state index contributed by atoms with van der Waals surface area (Å²) in [5.41, 5.74) is 0.309. The highest BCUT2D eigenvalue weighted by molar-refractivity contribution is 5.96.